The van der Waals surface area contributed by atoms with Crippen LogP contribution in [0, 0.1) is 0 Å². The van der Waals surface area contributed by atoms with Gasteiger partial charge in [-0.05, 0) is 12.5 Å². The van der Waals surface area contributed by atoms with Gasteiger partial charge in [-0.3, -0.25) is 33.9 Å². The largest absolute Gasteiger partial charge is 0.481 e. The topological polar surface area (TPSA) is 158 Å². The Balaban J connectivity index is 1.21. The van der Waals surface area contributed by atoms with Crippen molar-refractivity contribution < 1.29 is 33.4 Å². The summed E-state index contributed by atoms with van der Waals surface area (Å²) in [6.07, 6.45) is 0.622. The van der Waals surface area contributed by atoms with E-state index in [2.05, 4.69) is 20.3 Å². The molecule has 2 aliphatic heterocycles. The van der Waals surface area contributed by atoms with Crippen LogP contribution in [0.5, 0.6) is 5.75 Å². The first-order chi connectivity index (χ1) is 19.2. The average molecular weight is 552 g/mol. The molecular formula is C26H29N7O7. The highest BCUT2D eigenvalue weighted by atomic mass is 16.5. The van der Waals surface area contributed by atoms with Crippen LogP contribution in [0.25, 0.3) is 10.9 Å². The van der Waals surface area contributed by atoms with E-state index in [4.69, 9.17) is 4.74 Å². The minimum absolute atomic E-state index is 0.0481. The Morgan fingerprint density at radius 1 is 1.02 bits per heavy atom. The van der Waals surface area contributed by atoms with Gasteiger partial charge in [0, 0.05) is 58.1 Å². The predicted octanol–water partition coefficient (Wildman–Crippen LogP) is -0.0230. The number of para-hydroxylation sites is 1. The van der Waals surface area contributed by atoms with Gasteiger partial charge in [0.1, 0.15) is 17.0 Å². The molecule has 1 aromatic carbocycles. The molecule has 14 nitrogen and oxygen atoms in total. The lowest BCUT2D eigenvalue weighted by Gasteiger charge is -2.34. The van der Waals surface area contributed by atoms with E-state index >= 15 is 0 Å². The molecule has 1 N–H and O–H groups in total. The second-order valence-electron chi connectivity index (χ2n) is 9.66. The van der Waals surface area contributed by atoms with Crippen molar-refractivity contribution in [2.75, 3.05) is 39.9 Å². The van der Waals surface area contributed by atoms with Gasteiger partial charge in [-0.1, -0.05) is 12.1 Å². The van der Waals surface area contributed by atoms with E-state index < -0.39 is 11.9 Å². The maximum atomic E-state index is 13.0. The van der Waals surface area contributed by atoms with Crippen LogP contribution in [-0.4, -0.2) is 98.9 Å². The number of aryl methyl sites for hydroxylation is 2. The van der Waals surface area contributed by atoms with Gasteiger partial charge in [-0.15, -0.1) is 0 Å². The summed E-state index contributed by atoms with van der Waals surface area (Å²) in [7, 11) is 4.56. The molecular weight excluding hydrogens is 522 g/mol. The van der Waals surface area contributed by atoms with Crippen LogP contribution in [0.4, 0.5) is 0 Å². The zero-order valence-electron chi connectivity index (χ0n) is 22.4. The van der Waals surface area contributed by atoms with E-state index in [1.54, 1.807) is 40.7 Å². The quantitative estimate of drug-likeness (QED) is 0.328. The number of piperidine rings is 1. The van der Waals surface area contributed by atoms with Crippen molar-refractivity contribution in [3.05, 3.63) is 41.3 Å². The molecule has 0 bridgehead atoms. The number of methoxy groups -OCH3 is 1. The Labute approximate surface area is 228 Å². The molecule has 14 heteroatoms. The van der Waals surface area contributed by atoms with Crippen LogP contribution in [0.1, 0.15) is 45.4 Å². The van der Waals surface area contributed by atoms with Gasteiger partial charge in [0.2, 0.25) is 11.8 Å². The molecule has 4 heterocycles. The van der Waals surface area contributed by atoms with Crippen molar-refractivity contribution in [1.29, 1.82) is 0 Å². The molecule has 2 aliphatic rings. The summed E-state index contributed by atoms with van der Waals surface area (Å²) in [6.45, 7) is 1.07. The molecule has 210 valence electrons. The van der Waals surface area contributed by atoms with Crippen molar-refractivity contribution in [2.45, 2.75) is 18.8 Å². The fourth-order valence-electron chi connectivity index (χ4n) is 5.08. The number of hydrogen-bond acceptors (Lipinski definition) is 9. The van der Waals surface area contributed by atoms with Crippen molar-refractivity contribution in [3.8, 4) is 5.75 Å². The minimum Gasteiger partial charge on any atom is -0.481 e. The second kappa shape index (κ2) is 10.8. The standard InChI is InChI=1S/C26H29N7O7/c1-30-18(13-17(28-30)26(38)39-3)25(37)33-11-9-32(10-12-33)21(35)14-40-19-6-4-5-15-22(29-31(2)23(15)19)16-7-8-20(34)27-24(16)36/h4-6,13,16H,7-12,14H2,1-3H3,(H,27,34,36). The molecule has 0 spiro atoms. The molecule has 0 saturated carbocycles. The number of carbonyl (C=O) groups is 5. The summed E-state index contributed by atoms with van der Waals surface area (Å²) in [4.78, 5) is 64.9. The highest BCUT2D eigenvalue weighted by Crippen LogP contribution is 2.34. The third kappa shape index (κ3) is 4.99. The number of piperazine rings is 1. The summed E-state index contributed by atoms with van der Waals surface area (Å²) in [5, 5.41) is 11.7. The molecule has 4 amide bonds. The lowest BCUT2D eigenvalue weighted by molar-refractivity contribution is -0.135. The SMILES string of the molecule is COC(=O)c1cc(C(=O)N2CCN(C(=O)COc3cccc4c(C5CCC(=O)NC5=O)nn(C)c34)CC2)n(C)n1. The monoisotopic (exact) mass is 551 g/mol. The Morgan fingerprint density at radius 2 is 1.75 bits per heavy atom. The molecule has 2 saturated heterocycles. The molecule has 2 fully saturated rings. The molecule has 3 aromatic rings. The Hall–Kier alpha value is -4.75. The van der Waals surface area contributed by atoms with Crippen molar-refractivity contribution >= 4 is 40.5 Å². The van der Waals surface area contributed by atoms with Gasteiger partial charge in [0.25, 0.3) is 11.8 Å². The highest BCUT2D eigenvalue weighted by Gasteiger charge is 2.32. The second-order valence-corrected chi connectivity index (χ2v) is 9.66. The number of nitrogens with one attached hydrogen (secondary N) is 1. The smallest absolute Gasteiger partial charge is 0.358 e. The number of hydrogen-bond donors (Lipinski definition) is 1. The van der Waals surface area contributed by atoms with E-state index in [-0.39, 0.29) is 48.0 Å². The fourth-order valence-corrected chi connectivity index (χ4v) is 5.08. The Bertz CT molecular complexity index is 1520. The lowest BCUT2D eigenvalue weighted by Crippen LogP contribution is -2.51. The summed E-state index contributed by atoms with van der Waals surface area (Å²) in [6, 6.07) is 6.74. The number of fused-ring (bicyclic) bond motifs is 1. The molecule has 5 rings (SSSR count). The van der Waals surface area contributed by atoms with Gasteiger partial charge in [-0.2, -0.15) is 10.2 Å². The average Bonchev–Trinajstić information content (AvgIpc) is 3.51. The number of aromatic nitrogens is 4. The normalized spacial score (nSPS) is 17.6. The van der Waals surface area contributed by atoms with Gasteiger partial charge in [0.05, 0.1) is 18.7 Å². The summed E-state index contributed by atoms with van der Waals surface area (Å²) >= 11 is 0. The third-order valence-electron chi connectivity index (χ3n) is 7.19. The van der Waals surface area contributed by atoms with Crippen LogP contribution in [0.15, 0.2) is 24.3 Å². The van der Waals surface area contributed by atoms with E-state index in [9.17, 15) is 24.0 Å². The summed E-state index contributed by atoms with van der Waals surface area (Å²) in [5.41, 5.74) is 1.51. The van der Waals surface area contributed by atoms with Crippen LogP contribution < -0.4 is 10.1 Å². The summed E-state index contributed by atoms with van der Waals surface area (Å²) in [5.74, 6) is -1.91. The maximum Gasteiger partial charge on any atom is 0.358 e. The van der Waals surface area contributed by atoms with Crippen LogP contribution in [0.2, 0.25) is 0 Å². The number of carbonyl (C=O) groups excluding carboxylic acids is 5. The molecule has 2 aromatic heterocycles. The number of esters is 1. The first-order valence-corrected chi connectivity index (χ1v) is 12.8. The van der Waals surface area contributed by atoms with Crippen molar-refractivity contribution in [3.63, 3.8) is 0 Å². The number of nitrogens with zero attached hydrogens (tertiary/aromatic N) is 6. The Kier molecular flexibility index (Phi) is 7.24. The van der Waals surface area contributed by atoms with Gasteiger partial charge >= 0.3 is 5.97 Å². The highest BCUT2D eigenvalue weighted by molar-refractivity contribution is 6.03. The first-order valence-electron chi connectivity index (χ1n) is 12.8. The summed E-state index contributed by atoms with van der Waals surface area (Å²) < 4.78 is 13.5. The van der Waals surface area contributed by atoms with E-state index in [0.717, 1.165) is 5.39 Å². The van der Waals surface area contributed by atoms with E-state index in [0.29, 0.717) is 49.6 Å². The predicted molar refractivity (Wildman–Crippen MR) is 138 cm³/mol. The number of rotatable bonds is 6. The van der Waals surface area contributed by atoms with Gasteiger partial charge in [-0.25, -0.2) is 4.79 Å². The zero-order chi connectivity index (χ0) is 28.6. The number of imide groups is 1. The first kappa shape index (κ1) is 26.8. The third-order valence-corrected chi connectivity index (χ3v) is 7.19. The van der Waals surface area contributed by atoms with Crippen LogP contribution in [-0.2, 0) is 33.2 Å². The van der Waals surface area contributed by atoms with E-state index in [1.165, 1.54) is 17.9 Å². The molecule has 40 heavy (non-hydrogen) atoms. The van der Waals surface area contributed by atoms with Crippen molar-refractivity contribution in [1.82, 2.24) is 34.7 Å². The van der Waals surface area contributed by atoms with Crippen molar-refractivity contribution in [2.24, 2.45) is 14.1 Å². The molecule has 0 radical (unpaired) electrons. The minimum atomic E-state index is -0.626. The number of ether oxygens (including phenoxy) is 2. The van der Waals surface area contributed by atoms with E-state index in [1.807, 2.05) is 6.07 Å². The molecule has 1 atom stereocenters. The Morgan fingerprint density at radius 3 is 2.45 bits per heavy atom. The molecule has 1 unspecified atom stereocenters. The zero-order valence-corrected chi connectivity index (χ0v) is 22.4. The lowest BCUT2D eigenvalue weighted by atomic mass is 9.93. The maximum absolute atomic E-state index is 13.0. The molecule has 0 aliphatic carbocycles. The number of benzene rings is 1. The fraction of sp³-hybridized carbons (Fsp3) is 0.423. The van der Waals surface area contributed by atoms with Crippen LogP contribution in [0.3, 0.4) is 0 Å². The number of amides is 4. The van der Waals surface area contributed by atoms with Gasteiger partial charge < -0.3 is 19.3 Å². The van der Waals surface area contributed by atoms with Crippen LogP contribution >= 0.6 is 0 Å². The van der Waals surface area contributed by atoms with Gasteiger partial charge in [0.15, 0.2) is 12.3 Å².